The Hall–Kier alpha value is -7.39. The molecule has 0 amide bonds. The minimum Gasteiger partial charge on any atom is -0.457 e. The van der Waals surface area contributed by atoms with Gasteiger partial charge in [-0.3, -0.25) is 31.9 Å². The Labute approximate surface area is 785 Å². The molecule has 0 saturated carbocycles. The highest BCUT2D eigenvalue weighted by molar-refractivity contribution is 5.90. The first-order valence-electron chi connectivity index (χ1n) is 48.3. The monoisotopic (exact) mass is 1840 g/mol. The lowest BCUT2D eigenvalue weighted by atomic mass is 10.2. The fourth-order valence-electron chi connectivity index (χ4n) is 15.8. The molecule has 0 aliphatic heterocycles. The third-order valence-electron chi connectivity index (χ3n) is 23.3. The van der Waals surface area contributed by atoms with Crippen LogP contribution in [-0.2, 0) is 47.5 Å². The zero-order chi connectivity index (χ0) is 100. The minimum atomic E-state index is -0.246. The van der Waals surface area contributed by atoms with Gasteiger partial charge in [0.15, 0.2) is 0 Å². The van der Waals surface area contributed by atoms with E-state index in [0.29, 0.717) is 77.4 Å². The first-order chi connectivity index (χ1) is 61.5. The largest absolute Gasteiger partial charge is 0.457 e. The third kappa shape index (κ3) is 66.6. The summed E-state index contributed by atoms with van der Waals surface area (Å²) in [4.78, 5) is 79.8. The summed E-state index contributed by atoms with van der Waals surface area (Å²) in [6.07, 6.45) is 12.1. The van der Waals surface area contributed by atoms with Crippen LogP contribution in [0.2, 0.25) is 0 Å². The van der Waals surface area contributed by atoms with Crippen LogP contribution in [0.25, 0.3) is 0 Å². The number of benzene rings is 4. The van der Waals surface area contributed by atoms with Crippen molar-refractivity contribution in [1.82, 2.24) is 0 Å². The number of quaternary nitrogens is 7. The van der Waals surface area contributed by atoms with Crippen molar-refractivity contribution in [3.8, 4) is 0 Å². The lowest BCUT2D eigenvalue weighted by Crippen LogP contribution is -2.53. The number of alkyl halides is 4. The van der Waals surface area contributed by atoms with Crippen molar-refractivity contribution in [2.75, 3.05) is 240 Å². The Morgan fingerprint density at radius 2 is 0.434 bits per heavy atom. The molecule has 0 fully saturated rings. The fourth-order valence-corrected chi connectivity index (χ4v) is 15.8. The van der Waals surface area contributed by atoms with E-state index in [9.17, 15) is 51.1 Å². The van der Waals surface area contributed by atoms with Gasteiger partial charge in [0.05, 0.1) is 190 Å². The highest BCUT2D eigenvalue weighted by Gasteiger charge is 2.31. The maximum atomic E-state index is 12.0. The number of hydrogen-bond acceptors (Lipinski definition) is 14. The lowest BCUT2D eigenvalue weighted by Gasteiger charge is -2.39. The summed E-state index contributed by atoms with van der Waals surface area (Å²) in [7, 11) is 8.20. The SMILES string of the molecule is CCCC[N+](CC)(CCC)CC(C)OC(C)=O.CCCC[N+](CC)(CCC)CCOC(=O)c1ccccc1.CCC[N+](CC)(CCC)CC(C)OC(C)=O.CCC[N+](CC)(CCC)CCOC(=O)c1ccccc1.CC[N+](CC)(CC)CC(C)OC(C)=O.CC[N+](CC)(CC)CCOC(=O)c1ccccc1.CF.CF.CF.CF.C[N+](C)(C)CCOC(=O)c1ccccc1. The van der Waals surface area contributed by atoms with Gasteiger partial charge in [0, 0.05) is 20.8 Å². The summed E-state index contributed by atoms with van der Waals surface area (Å²) in [6, 6.07) is 36.6. The molecule has 21 nitrogen and oxygen atoms in total. The fraction of sp³-hybridized carbons (Fsp3) is 0.702. The number of ether oxygens (including phenoxy) is 7. The van der Waals surface area contributed by atoms with E-state index in [4.69, 9.17) is 33.2 Å². The first-order valence-corrected chi connectivity index (χ1v) is 48.3. The second kappa shape index (κ2) is 84.8. The van der Waals surface area contributed by atoms with E-state index in [2.05, 4.69) is 146 Å². The van der Waals surface area contributed by atoms with Crippen molar-refractivity contribution in [3.63, 3.8) is 0 Å². The molecule has 4 aromatic carbocycles. The van der Waals surface area contributed by atoms with Crippen LogP contribution in [0.1, 0.15) is 272 Å². The molecule has 25 heteroatoms. The zero-order valence-electron chi connectivity index (χ0n) is 87.7. The Morgan fingerprint density at radius 3 is 0.636 bits per heavy atom. The second-order valence-corrected chi connectivity index (χ2v) is 33.7. The van der Waals surface area contributed by atoms with Gasteiger partial charge in [0.25, 0.3) is 0 Å². The number of nitrogens with zero attached hydrogens (tertiary/aromatic N) is 7. The van der Waals surface area contributed by atoms with Gasteiger partial charge in [-0.05, 0) is 190 Å². The van der Waals surface area contributed by atoms with E-state index in [1.54, 1.807) is 48.5 Å². The van der Waals surface area contributed by atoms with Crippen LogP contribution >= 0.6 is 0 Å². The molecule has 0 saturated heterocycles. The summed E-state index contributed by atoms with van der Waals surface area (Å²) in [5.74, 6) is -1.42. The summed E-state index contributed by atoms with van der Waals surface area (Å²) in [5.41, 5.74) is 2.50. The normalized spacial score (nSPS) is 12.4. The maximum absolute atomic E-state index is 12.0. The van der Waals surface area contributed by atoms with E-state index >= 15 is 0 Å². The number of halogens is 4. The average molecular weight is 1840 g/mol. The number of esters is 7. The van der Waals surface area contributed by atoms with E-state index in [1.807, 2.05) is 93.6 Å². The molecule has 5 unspecified atom stereocenters. The average Bonchev–Trinajstić information content (AvgIpc) is 0.809. The highest BCUT2D eigenvalue weighted by atomic mass is 19.1. The van der Waals surface area contributed by atoms with Gasteiger partial charge < -0.3 is 64.5 Å². The number of unbranched alkanes of at least 4 members (excludes halogenated alkanes) is 2. The number of hydrogen-bond donors (Lipinski definition) is 0. The van der Waals surface area contributed by atoms with Crippen molar-refractivity contribution in [2.45, 2.75) is 249 Å². The van der Waals surface area contributed by atoms with Gasteiger partial charge in [-0.1, -0.05) is 141 Å². The van der Waals surface area contributed by atoms with E-state index < -0.39 is 0 Å². The van der Waals surface area contributed by atoms with Gasteiger partial charge in [0.1, 0.15) is 90.6 Å². The van der Waals surface area contributed by atoms with Crippen molar-refractivity contribution in [1.29, 1.82) is 0 Å². The number of likely N-dealkylation sites (N-methyl/N-ethyl adjacent to an activating group) is 7. The quantitative estimate of drug-likeness (QED) is 0.0176. The number of rotatable bonds is 53. The topological polar surface area (TPSA) is 184 Å². The molecule has 129 heavy (non-hydrogen) atoms. The van der Waals surface area contributed by atoms with Crippen molar-refractivity contribution >= 4 is 41.8 Å². The zero-order valence-corrected chi connectivity index (χ0v) is 87.7. The Morgan fingerprint density at radius 1 is 0.248 bits per heavy atom. The standard InChI is InChI=1S/C18H30NO2.C17H28NO2.C15H24NO2.C14H30NO2.C13H28NO2.C12H18NO2.C11H24NO2.4CH3F/c1-4-7-14-19(6-3,13-5-2)15-16-21-18(20)17-11-9-8-10-12-17;1-4-12-18(6-3,13-5-2)14-15-20-17(19)16-10-8-7-9-11-16;1-4-16(5-2,6-3)12-13-18-15(17)14-10-8-7-9-11-14;1-6-9-11-15(8-3,10-7-2)12-13(4)17-14(5)16;1-6-9-14(8-3,10-7-2)11-12(4)16-13(5)15;1-13(2,3)9-10-15-12(14)11-7-5-4-6-8-11;1-6-12(7-2,8-3)9-10(4)14-11(5)13;4*1-2/h8-12H,4-7,13-16H2,1-3H3;7-11H,4-6,12-15H2,1-3H3;7-11H,4-6,12-13H2,1-3H3;13H,6-12H2,1-5H3;12H,6-11H2,1-5H3;4-8H,9-10H2,1-3H3;10H,6-9H2,1-5H3;4*1H3/q7*+1;;;;. The summed E-state index contributed by atoms with van der Waals surface area (Å²) in [5, 5.41) is 0. The van der Waals surface area contributed by atoms with E-state index in [0.717, 1.165) is 156 Å². The van der Waals surface area contributed by atoms with Crippen LogP contribution in [-0.4, -0.2) is 331 Å². The van der Waals surface area contributed by atoms with E-state index in [1.165, 1.54) is 124 Å². The van der Waals surface area contributed by atoms with Gasteiger partial charge in [0.2, 0.25) is 0 Å². The molecule has 4 rings (SSSR count). The third-order valence-corrected chi connectivity index (χ3v) is 23.3. The number of carbonyl (C=O) groups is 7. The summed E-state index contributed by atoms with van der Waals surface area (Å²) >= 11 is 0. The van der Waals surface area contributed by atoms with E-state index in [-0.39, 0.29) is 60.1 Å². The van der Waals surface area contributed by atoms with Crippen molar-refractivity contribution in [2.24, 2.45) is 0 Å². The maximum Gasteiger partial charge on any atom is 0.338 e. The van der Waals surface area contributed by atoms with Crippen LogP contribution in [0.5, 0.6) is 0 Å². The summed E-state index contributed by atoms with van der Waals surface area (Å²) < 4.78 is 82.1. The van der Waals surface area contributed by atoms with Gasteiger partial charge in [-0.2, -0.15) is 0 Å². The molecular weight excluding hydrogens is 1650 g/mol. The second-order valence-electron chi connectivity index (χ2n) is 33.7. The molecule has 0 spiro atoms. The lowest BCUT2D eigenvalue weighted by molar-refractivity contribution is -0.929. The van der Waals surface area contributed by atoms with Crippen LogP contribution < -0.4 is 0 Å². The van der Waals surface area contributed by atoms with Crippen LogP contribution in [0.3, 0.4) is 0 Å². The van der Waals surface area contributed by atoms with Crippen LogP contribution in [0.15, 0.2) is 121 Å². The number of carbonyl (C=O) groups excluding carboxylic acids is 7. The predicted molar refractivity (Wildman–Crippen MR) is 528 cm³/mol. The van der Waals surface area contributed by atoms with Gasteiger partial charge >= 0.3 is 41.8 Å². The molecule has 0 aliphatic rings. The molecular formula is C104H194F4N7O14+7. The van der Waals surface area contributed by atoms with Crippen LogP contribution in [0, 0.1) is 0 Å². The van der Waals surface area contributed by atoms with Gasteiger partial charge in [-0.15, -0.1) is 0 Å². The summed E-state index contributed by atoms with van der Waals surface area (Å²) in [6.45, 7) is 78.9. The Kier molecular flexibility index (Phi) is 88.6. The minimum absolute atomic E-state index is 0.0207. The Balaban J connectivity index is -0.000000266. The molecule has 0 N–H and O–H groups in total. The smallest absolute Gasteiger partial charge is 0.338 e. The molecule has 0 heterocycles. The molecule has 5 atom stereocenters. The molecule has 0 aliphatic carbocycles. The molecule has 0 radical (unpaired) electrons. The van der Waals surface area contributed by atoms with Crippen molar-refractivity contribution < 1.29 is 116 Å². The highest BCUT2D eigenvalue weighted by Crippen LogP contribution is 2.19. The first kappa shape index (κ1) is 135. The van der Waals surface area contributed by atoms with Crippen LogP contribution in [0.4, 0.5) is 17.6 Å². The van der Waals surface area contributed by atoms with Crippen molar-refractivity contribution in [3.05, 3.63) is 144 Å². The molecule has 0 aromatic heterocycles. The molecule has 750 valence electrons. The van der Waals surface area contributed by atoms with Gasteiger partial charge in [-0.25, -0.2) is 19.2 Å². The predicted octanol–water partition coefficient (Wildman–Crippen LogP) is 21.4. The Bertz CT molecular complexity index is 3240. The molecule has 4 aromatic rings. The molecule has 0 bridgehead atoms.